The van der Waals surface area contributed by atoms with E-state index in [2.05, 4.69) is 41.9 Å². The second-order valence-electron chi connectivity index (χ2n) is 5.92. The molecule has 4 heteroatoms. The van der Waals surface area contributed by atoms with Gasteiger partial charge in [-0.15, -0.1) is 0 Å². The van der Waals surface area contributed by atoms with Crippen molar-refractivity contribution >= 4 is 28.4 Å². The van der Waals surface area contributed by atoms with Crippen LogP contribution < -0.4 is 4.90 Å². The highest BCUT2D eigenvalue weighted by molar-refractivity contribution is 5.90. The van der Waals surface area contributed by atoms with Crippen LogP contribution in [0.5, 0.6) is 0 Å². The highest BCUT2D eigenvalue weighted by Gasteiger charge is 2.11. The molecule has 3 rings (SSSR count). The molecule has 0 spiro atoms. The van der Waals surface area contributed by atoms with Crippen LogP contribution in [0.1, 0.15) is 25.2 Å². The molecule has 0 aliphatic heterocycles. The molecule has 1 heterocycles. The smallest absolute Gasteiger partial charge is 0.151 e. The van der Waals surface area contributed by atoms with E-state index in [0.29, 0.717) is 11.4 Å². The Bertz CT molecular complexity index is 938. The minimum Gasteiger partial charge on any atom is -0.372 e. The fraction of sp³-hybridized carbons (Fsp3) is 0.238. The van der Waals surface area contributed by atoms with Crippen molar-refractivity contribution in [2.24, 2.45) is 7.05 Å². The van der Waals surface area contributed by atoms with Crippen LogP contribution in [0.15, 0.2) is 48.5 Å². The topological polar surface area (TPSA) is 44.9 Å². The predicted octanol–water partition coefficient (Wildman–Crippen LogP) is 4.48. The second kappa shape index (κ2) is 7.23. The third kappa shape index (κ3) is 3.27. The number of aryl methyl sites for hydroxylation is 1. The maximum absolute atomic E-state index is 9.63. The van der Waals surface area contributed by atoms with Crippen molar-refractivity contribution in [3.8, 4) is 6.07 Å². The molecule has 0 bridgehead atoms. The lowest BCUT2D eigenvalue weighted by atomic mass is 10.1. The summed E-state index contributed by atoms with van der Waals surface area (Å²) in [5.41, 5.74) is 4.69. The number of para-hydroxylation sites is 2. The van der Waals surface area contributed by atoms with Gasteiger partial charge in [0.25, 0.3) is 0 Å². The van der Waals surface area contributed by atoms with Gasteiger partial charge in [-0.25, -0.2) is 4.98 Å². The molecular formula is C21H22N4. The summed E-state index contributed by atoms with van der Waals surface area (Å²) in [6.45, 7) is 6.26. The van der Waals surface area contributed by atoms with E-state index in [0.717, 1.165) is 29.7 Å². The number of nitriles is 1. The van der Waals surface area contributed by atoms with Crippen molar-refractivity contribution in [3.05, 3.63) is 59.9 Å². The zero-order valence-electron chi connectivity index (χ0n) is 14.9. The number of hydrogen-bond acceptors (Lipinski definition) is 3. The summed E-state index contributed by atoms with van der Waals surface area (Å²) >= 11 is 0. The van der Waals surface area contributed by atoms with Crippen LogP contribution in [0.3, 0.4) is 0 Å². The van der Waals surface area contributed by atoms with Gasteiger partial charge >= 0.3 is 0 Å². The maximum atomic E-state index is 9.63. The van der Waals surface area contributed by atoms with Gasteiger partial charge in [-0.1, -0.05) is 24.3 Å². The van der Waals surface area contributed by atoms with E-state index in [1.54, 1.807) is 0 Å². The molecule has 0 N–H and O–H groups in total. The number of imidazole rings is 1. The molecule has 2 aromatic carbocycles. The van der Waals surface area contributed by atoms with Crippen molar-refractivity contribution < 1.29 is 0 Å². The Morgan fingerprint density at radius 2 is 1.80 bits per heavy atom. The zero-order chi connectivity index (χ0) is 17.8. The summed E-state index contributed by atoms with van der Waals surface area (Å²) in [5, 5.41) is 9.63. The van der Waals surface area contributed by atoms with Gasteiger partial charge in [0.1, 0.15) is 6.07 Å². The van der Waals surface area contributed by atoms with Crippen molar-refractivity contribution in [1.29, 1.82) is 5.26 Å². The normalized spacial score (nSPS) is 11.5. The van der Waals surface area contributed by atoms with E-state index in [9.17, 15) is 5.26 Å². The number of fused-ring (bicyclic) bond motifs is 1. The van der Waals surface area contributed by atoms with Gasteiger partial charge in [0.05, 0.1) is 16.6 Å². The number of allylic oxidation sites excluding steroid dienone is 1. The molecular weight excluding hydrogens is 308 g/mol. The van der Waals surface area contributed by atoms with Gasteiger partial charge < -0.3 is 9.47 Å². The van der Waals surface area contributed by atoms with E-state index in [1.807, 2.05) is 54.1 Å². The third-order valence-electron chi connectivity index (χ3n) is 4.48. The number of anilines is 1. The minimum atomic E-state index is 0.564. The van der Waals surface area contributed by atoms with Crippen molar-refractivity contribution in [2.45, 2.75) is 13.8 Å². The number of hydrogen-bond donors (Lipinski definition) is 0. The summed E-state index contributed by atoms with van der Waals surface area (Å²) in [7, 11) is 1.94. The Morgan fingerprint density at radius 3 is 2.40 bits per heavy atom. The maximum Gasteiger partial charge on any atom is 0.151 e. The third-order valence-corrected chi connectivity index (χ3v) is 4.48. The largest absolute Gasteiger partial charge is 0.372 e. The van der Waals surface area contributed by atoms with Gasteiger partial charge in [-0.2, -0.15) is 5.26 Å². The lowest BCUT2D eigenvalue weighted by Crippen LogP contribution is -2.21. The molecule has 3 aromatic rings. The van der Waals surface area contributed by atoms with Crippen LogP contribution in [0.4, 0.5) is 5.69 Å². The van der Waals surface area contributed by atoms with E-state index in [1.165, 1.54) is 5.69 Å². The summed E-state index contributed by atoms with van der Waals surface area (Å²) in [6, 6.07) is 18.5. The van der Waals surface area contributed by atoms with E-state index < -0.39 is 0 Å². The number of benzene rings is 2. The van der Waals surface area contributed by atoms with Gasteiger partial charge in [0.2, 0.25) is 0 Å². The van der Waals surface area contributed by atoms with Crippen LogP contribution in [0, 0.1) is 11.3 Å². The highest BCUT2D eigenvalue weighted by Crippen LogP contribution is 2.23. The molecule has 0 atom stereocenters. The summed E-state index contributed by atoms with van der Waals surface area (Å²) in [6.07, 6.45) is 1.90. The summed E-state index contributed by atoms with van der Waals surface area (Å²) in [5.74, 6) is 0.691. The highest BCUT2D eigenvalue weighted by atomic mass is 15.1. The molecule has 0 fully saturated rings. The molecule has 0 aliphatic carbocycles. The van der Waals surface area contributed by atoms with Crippen LogP contribution in [0.2, 0.25) is 0 Å². The predicted molar refractivity (Wildman–Crippen MR) is 104 cm³/mol. The first-order valence-corrected chi connectivity index (χ1v) is 8.56. The standard InChI is InChI=1S/C21H22N4/c1-4-25(5-2)18-12-10-16(11-13-18)14-17(15-22)21-23-19-8-6-7-9-20(19)24(21)3/h6-14H,4-5H2,1-3H3/b17-14+. The Hall–Kier alpha value is -3.06. The minimum absolute atomic E-state index is 0.564. The lowest BCUT2D eigenvalue weighted by molar-refractivity contribution is 0.866. The van der Waals surface area contributed by atoms with Crippen molar-refractivity contribution in [2.75, 3.05) is 18.0 Å². The Labute approximate surface area is 148 Å². The van der Waals surface area contributed by atoms with Crippen LogP contribution in [-0.2, 0) is 7.05 Å². The van der Waals surface area contributed by atoms with Gasteiger partial charge in [0, 0.05) is 25.8 Å². The lowest BCUT2D eigenvalue weighted by Gasteiger charge is -2.20. The molecule has 4 nitrogen and oxygen atoms in total. The molecule has 25 heavy (non-hydrogen) atoms. The first-order valence-electron chi connectivity index (χ1n) is 8.56. The van der Waals surface area contributed by atoms with Crippen LogP contribution >= 0.6 is 0 Å². The van der Waals surface area contributed by atoms with Gasteiger partial charge in [0.15, 0.2) is 5.82 Å². The SMILES string of the molecule is CCN(CC)c1ccc(/C=C(\C#N)c2nc3ccccc3n2C)cc1. The molecule has 0 unspecified atom stereocenters. The van der Waals surface area contributed by atoms with E-state index >= 15 is 0 Å². The molecule has 1 aromatic heterocycles. The van der Waals surface area contributed by atoms with E-state index in [4.69, 9.17) is 0 Å². The fourth-order valence-electron chi connectivity index (χ4n) is 3.07. The first kappa shape index (κ1) is 16.8. The molecule has 0 amide bonds. The fourth-order valence-corrected chi connectivity index (χ4v) is 3.07. The molecule has 126 valence electrons. The Morgan fingerprint density at radius 1 is 1.12 bits per heavy atom. The average molecular weight is 330 g/mol. The molecule has 0 saturated carbocycles. The molecule has 0 aliphatic rings. The van der Waals surface area contributed by atoms with Crippen molar-refractivity contribution in [1.82, 2.24) is 9.55 Å². The second-order valence-corrected chi connectivity index (χ2v) is 5.92. The van der Waals surface area contributed by atoms with E-state index in [-0.39, 0.29) is 0 Å². The van der Waals surface area contributed by atoms with Gasteiger partial charge in [-0.3, -0.25) is 0 Å². The summed E-state index contributed by atoms with van der Waals surface area (Å²) < 4.78 is 1.97. The van der Waals surface area contributed by atoms with Crippen LogP contribution in [0.25, 0.3) is 22.7 Å². The number of aromatic nitrogens is 2. The quantitative estimate of drug-likeness (QED) is 0.648. The average Bonchev–Trinajstić information content (AvgIpc) is 2.99. The van der Waals surface area contributed by atoms with Crippen LogP contribution in [-0.4, -0.2) is 22.6 Å². The number of nitrogens with zero attached hydrogens (tertiary/aromatic N) is 4. The molecule has 0 saturated heterocycles. The Kier molecular flexibility index (Phi) is 4.85. The first-order chi connectivity index (χ1) is 12.2. The number of rotatable bonds is 5. The summed E-state index contributed by atoms with van der Waals surface area (Å²) in [4.78, 5) is 6.91. The van der Waals surface area contributed by atoms with Gasteiger partial charge in [-0.05, 0) is 49.8 Å². The van der Waals surface area contributed by atoms with Crippen molar-refractivity contribution in [3.63, 3.8) is 0 Å². The zero-order valence-corrected chi connectivity index (χ0v) is 14.9. The monoisotopic (exact) mass is 330 g/mol. The molecule has 0 radical (unpaired) electrons. The Balaban J connectivity index is 1.97.